The summed E-state index contributed by atoms with van der Waals surface area (Å²) in [5.41, 5.74) is 5.20. The molecule has 5 rings (SSSR count). The first kappa shape index (κ1) is 31.1. The summed E-state index contributed by atoms with van der Waals surface area (Å²) in [4.78, 5) is 35.0. The second-order valence-corrected chi connectivity index (χ2v) is 12.0. The number of nitrogens with zero attached hydrogens (tertiary/aromatic N) is 2. The van der Waals surface area contributed by atoms with Crippen molar-refractivity contribution < 1.29 is 37.8 Å². The number of halogens is 1. The van der Waals surface area contributed by atoms with Gasteiger partial charge in [-0.1, -0.05) is 20.8 Å². The lowest BCUT2D eigenvalue weighted by atomic mass is 9.84. The molecule has 1 fully saturated rings. The van der Waals surface area contributed by atoms with Gasteiger partial charge in [0.25, 0.3) is 0 Å². The molecule has 11 nitrogen and oxygen atoms in total. The quantitative estimate of drug-likeness (QED) is 0.300. The molecule has 2 aromatic carbocycles. The second-order valence-electron chi connectivity index (χ2n) is 12.0. The Balaban J connectivity index is 1.44. The molecule has 3 aliphatic rings. The van der Waals surface area contributed by atoms with E-state index in [-0.39, 0.29) is 54.1 Å². The Morgan fingerprint density at radius 3 is 2.45 bits per heavy atom. The summed E-state index contributed by atoms with van der Waals surface area (Å²) >= 11 is 0. The lowest BCUT2D eigenvalue weighted by molar-refractivity contribution is -0.137. The fourth-order valence-corrected chi connectivity index (χ4v) is 5.76. The fourth-order valence-electron chi connectivity index (χ4n) is 5.76. The highest BCUT2D eigenvalue weighted by Crippen LogP contribution is 2.42. The van der Waals surface area contributed by atoms with Crippen LogP contribution in [0.4, 0.5) is 10.1 Å². The smallest absolute Gasteiger partial charge is 0.356 e. The van der Waals surface area contributed by atoms with E-state index in [1.54, 1.807) is 17.0 Å². The van der Waals surface area contributed by atoms with Crippen LogP contribution < -0.4 is 24.6 Å². The molecule has 1 unspecified atom stereocenters. The van der Waals surface area contributed by atoms with Gasteiger partial charge in [-0.15, -0.1) is 0 Å². The van der Waals surface area contributed by atoms with Crippen LogP contribution >= 0.6 is 0 Å². The summed E-state index contributed by atoms with van der Waals surface area (Å²) < 4.78 is 36.9. The summed E-state index contributed by atoms with van der Waals surface area (Å²) in [6, 6.07) is 5.35. The standard InChI is InChI=1S/C32H39FN4O7/c1-32(2,3)21-11-18(24(38)16-37-15-19-13-25(40-4)29(41-5)27(33)26(19)30(37)34)12-23(36-9-7-8-10-36)28(21)43-17-20-14-22(35-44-20)31(39)42-6/h11-14,20,34-35H,7-10,15-17H2,1-6H3. The number of methoxy groups -OCH3 is 3. The second kappa shape index (κ2) is 12.4. The molecule has 0 amide bonds. The average molecular weight is 611 g/mol. The number of nitrogens with one attached hydrogen (secondary N) is 2. The molecule has 0 radical (unpaired) electrons. The number of rotatable bonds is 10. The van der Waals surface area contributed by atoms with E-state index in [1.807, 2.05) is 12.1 Å². The number of carbonyl (C=O) groups excluding carboxylic acids is 2. The van der Waals surface area contributed by atoms with E-state index in [4.69, 9.17) is 29.2 Å². The van der Waals surface area contributed by atoms with E-state index < -0.39 is 23.3 Å². The third-order valence-corrected chi connectivity index (χ3v) is 8.06. The van der Waals surface area contributed by atoms with Crippen molar-refractivity contribution in [1.29, 1.82) is 5.41 Å². The number of benzene rings is 2. The molecule has 1 atom stereocenters. The van der Waals surface area contributed by atoms with Crippen molar-refractivity contribution in [3.8, 4) is 17.2 Å². The predicted molar refractivity (Wildman–Crippen MR) is 161 cm³/mol. The molecule has 0 spiro atoms. The number of Topliss-reactive ketones (excluding diaryl/α,β-unsaturated/α-hetero) is 1. The zero-order valence-corrected chi connectivity index (χ0v) is 26.0. The van der Waals surface area contributed by atoms with Crippen molar-refractivity contribution in [3.05, 3.63) is 58.0 Å². The molecule has 0 saturated carbocycles. The number of ketones is 1. The Labute approximate surface area is 256 Å². The van der Waals surface area contributed by atoms with E-state index in [2.05, 4.69) is 31.2 Å². The number of anilines is 1. The molecule has 236 valence electrons. The van der Waals surface area contributed by atoms with Crippen LogP contribution in [0.1, 0.15) is 60.7 Å². The van der Waals surface area contributed by atoms with Crippen molar-refractivity contribution in [1.82, 2.24) is 10.4 Å². The van der Waals surface area contributed by atoms with Crippen LogP contribution in [-0.4, -0.2) is 76.2 Å². The molecule has 2 aromatic rings. The highest BCUT2D eigenvalue weighted by atomic mass is 19.1. The van der Waals surface area contributed by atoms with E-state index in [9.17, 15) is 9.59 Å². The number of hydroxylamine groups is 1. The largest absolute Gasteiger partial charge is 0.493 e. The molecule has 3 heterocycles. The minimum Gasteiger partial charge on any atom is -0.493 e. The number of hydrogen-bond donors (Lipinski definition) is 2. The van der Waals surface area contributed by atoms with Crippen LogP contribution in [0.3, 0.4) is 0 Å². The van der Waals surface area contributed by atoms with E-state index >= 15 is 4.39 Å². The van der Waals surface area contributed by atoms with Crippen LogP contribution in [-0.2, 0) is 26.3 Å². The molecule has 3 aliphatic heterocycles. The van der Waals surface area contributed by atoms with Gasteiger partial charge >= 0.3 is 5.97 Å². The number of amidine groups is 1. The summed E-state index contributed by atoms with van der Waals surface area (Å²) in [6.45, 7) is 8.01. The predicted octanol–water partition coefficient (Wildman–Crippen LogP) is 4.10. The lowest BCUT2D eigenvalue weighted by Gasteiger charge is -2.30. The zero-order chi connectivity index (χ0) is 31.8. The van der Waals surface area contributed by atoms with Crippen LogP contribution in [0, 0.1) is 11.2 Å². The Morgan fingerprint density at radius 1 is 1.09 bits per heavy atom. The van der Waals surface area contributed by atoms with Crippen LogP contribution in [0.2, 0.25) is 0 Å². The number of esters is 1. The van der Waals surface area contributed by atoms with Crippen LogP contribution in [0.5, 0.6) is 17.2 Å². The molecule has 0 aliphatic carbocycles. The van der Waals surface area contributed by atoms with Crippen molar-refractivity contribution in [2.24, 2.45) is 0 Å². The fraction of sp³-hybridized carbons (Fsp3) is 0.469. The van der Waals surface area contributed by atoms with Crippen molar-refractivity contribution in [2.45, 2.75) is 51.7 Å². The first-order chi connectivity index (χ1) is 21.0. The molecule has 2 N–H and O–H groups in total. The summed E-state index contributed by atoms with van der Waals surface area (Å²) in [6.07, 6.45) is 3.13. The van der Waals surface area contributed by atoms with Gasteiger partial charge in [-0.3, -0.25) is 20.5 Å². The summed E-state index contributed by atoms with van der Waals surface area (Å²) in [5.74, 6) is -0.660. The molecule has 0 aromatic heterocycles. The molecule has 44 heavy (non-hydrogen) atoms. The summed E-state index contributed by atoms with van der Waals surface area (Å²) in [7, 11) is 4.07. The summed E-state index contributed by atoms with van der Waals surface area (Å²) in [5, 5.41) is 8.69. The van der Waals surface area contributed by atoms with Gasteiger partial charge in [0, 0.05) is 30.8 Å². The van der Waals surface area contributed by atoms with Gasteiger partial charge in [-0.2, -0.15) is 0 Å². The third-order valence-electron chi connectivity index (χ3n) is 8.06. The zero-order valence-electron chi connectivity index (χ0n) is 26.0. The number of carbonyl (C=O) groups is 2. The molecular weight excluding hydrogens is 571 g/mol. The van der Waals surface area contributed by atoms with E-state index in [0.717, 1.165) is 37.2 Å². The van der Waals surface area contributed by atoms with Gasteiger partial charge in [0.15, 0.2) is 23.1 Å². The van der Waals surface area contributed by atoms with Gasteiger partial charge in [0.1, 0.15) is 30.0 Å². The number of ether oxygens (including phenoxy) is 4. The van der Waals surface area contributed by atoms with Crippen molar-refractivity contribution in [2.75, 3.05) is 52.5 Å². The number of hydrogen-bond acceptors (Lipinski definition) is 10. The molecule has 12 heteroatoms. The van der Waals surface area contributed by atoms with Gasteiger partial charge in [0.05, 0.1) is 39.1 Å². The minimum atomic E-state index is -0.676. The first-order valence-electron chi connectivity index (χ1n) is 14.5. The van der Waals surface area contributed by atoms with Crippen molar-refractivity contribution >= 4 is 23.3 Å². The Hall–Kier alpha value is -4.32. The third kappa shape index (κ3) is 5.90. The lowest BCUT2D eigenvalue weighted by Crippen LogP contribution is -2.31. The van der Waals surface area contributed by atoms with Crippen LogP contribution in [0.15, 0.2) is 30.0 Å². The Bertz CT molecular complexity index is 1510. The molecular formula is C32H39FN4O7. The molecule has 1 saturated heterocycles. The van der Waals surface area contributed by atoms with Gasteiger partial charge in [-0.05, 0) is 48.1 Å². The first-order valence-corrected chi connectivity index (χ1v) is 14.5. The maximum Gasteiger partial charge on any atom is 0.356 e. The monoisotopic (exact) mass is 610 g/mol. The average Bonchev–Trinajstić information content (AvgIpc) is 3.76. The van der Waals surface area contributed by atoms with Crippen LogP contribution in [0.25, 0.3) is 0 Å². The SMILES string of the molecule is COC(=O)C1=CC(COc2c(N3CCCC3)cc(C(=O)CN3Cc4cc(OC)c(OC)c(F)c4C3=N)cc2C(C)(C)C)ON1. The number of fused-ring (bicyclic) bond motifs is 1. The highest BCUT2D eigenvalue weighted by Gasteiger charge is 2.34. The normalized spacial score (nSPS) is 17.8. The topological polar surface area (TPSA) is 123 Å². The van der Waals surface area contributed by atoms with Gasteiger partial charge in [-0.25, -0.2) is 9.18 Å². The van der Waals surface area contributed by atoms with Gasteiger partial charge in [0.2, 0.25) is 0 Å². The van der Waals surface area contributed by atoms with E-state index in [0.29, 0.717) is 16.9 Å². The van der Waals surface area contributed by atoms with Gasteiger partial charge < -0.3 is 28.7 Å². The Morgan fingerprint density at radius 2 is 1.82 bits per heavy atom. The maximum absolute atomic E-state index is 15.3. The highest BCUT2D eigenvalue weighted by molar-refractivity contribution is 6.06. The Kier molecular flexibility index (Phi) is 8.73. The van der Waals surface area contributed by atoms with E-state index in [1.165, 1.54) is 21.3 Å². The van der Waals surface area contributed by atoms with Crippen molar-refractivity contribution in [3.63, 3.8) is 0 Å². The maximum atomic E-state index is 15.3. The minimum absolute atomic E-state index is 0.0689. The molecule has 0 bridgehead atoms.